The Morgan fingerprint density at radius 1 is 1.12 bits per heavy atom. The Balaban J connectivity index is 1.40. The number of rotatable bonds is 8. The summed E-state index contributed by atoms with van der Waals surface area (Å²) in [6.45, 7) is 11.8. The summed E-state index contributed by atoms with van der Waals surface area (Å²) in [4.78, 5) is 21.2. The number of nitrogens with one attached hydrogen (secondary N) is 3. The van der Waals surface area contributed by atoms with Crippen LogP contribution in [-0.2, 0) is 0 Å². The molecule has 3 N–H and O–H groups in total. The first-order valence-corrected chi connectivity index (χ1v) is 12.9. The maximum Gasteiger partial charge on any atom is 0.184 e. The highest BCUT2D eigenvalue weighted by Crippen LogP contribution is 2.32. The van der Waals surface area contributed by atoms with Crippen LogP contribution in [0.15, 0.2) is 98.4 Å². The van der Waals surface area contributed by atoms with E-state index in [1.54, 1.807) is 29.2 Å². The van der Waals surface area contributed by atoms with Crippen molar-refractivity contribution < 1.29 is 4.39 Å². The molecule has 9 nitrogen and oxygen atoms in total. The molecule has 0 fully saturated rings. The lowest BCUT2D eigenvalue weighted by molar-refractivity contribution is 0.635. The van der Waals surface area contributed by atoms with Gasteiger partial charge >= 0.3 is 0 Å². The predicted molar refractivity (Wildman–Crippen MR) is 159 cm³/mol. The van der Waals surface area contributed by atoms with Crippen molar-refractivity contribution in [2.45, 2.75) is 13.8 Å². The fraction of sp³-hybridized carbons (Fsp3) is 0.0645. The van der Waals surface area contributed by atoms with Crippen molar-refractivity contribution in [2.75, 3.05) is 0 Å². The minimum atomic E-state index is -0.475. The molecule has 0 atom stereocenters. The average molecular weight is 544 g/mol. The second-order valence-electron chi connectivity index (χ2n) is 9.34. The summed E-state index contributed by atoms with van der Waals surface area (Å²) >= 11 is 0. The van der Waals surface area contributed by atoms with E-state index in [1.165, 1.54) is 6.20 Å². The van der Waals surface area contributed by atoms with Crippen molar-refractivity contribution in [1.82, 2.24) is 45.0 Å². The van der Waals surface area contributed by atoms with E-state index in [-0.39, 0.29) is 11.0 Å². The van der Waals surface area contributed by atoms with Gasteiger partial charge in [0.05, 0.1) is 16.6 Å². The van der Waals surface area contributed by atoms with Gasteiger partial charge in [-0.05, 0) is 43.2 Å². The first kappa shape index (κ1) is 25.6. The van der Waals surface area contributed by atoms with Crippen LogP contribution in [0, 0.1) is 12.7 Å². The molecule has 0 aliphatic heterocycles. The summed E-state index contributed by atoms with van der Waals surface area (Å²) < 4.78 is 18.1. The molecule has 10 heteroatoms. The molecule has 202 valence electrons. The third-order valence-corrected chi connectivity index (χ3v) is 6.66. The van der Waals surface area contributed by atoms with Crippen molar-refractivity contribution in [3.05, 3.63) is 121 Å². The Bertz CT molecular complexity index is 1990. The van der Waals surface area contributed by atoms with Crippen LogP contribution in [0.5, 0.6) is 0 Å². The minimum absolute atomic E-state index is 0.226. The van der Waals surface area contributed by atoms with Crippen LogP contribution in [0.2, 0.25) is 0 Å². The number of halogens is 1. The Hall–Kier alpha value is -5.64. The zero-order valence-corrected chi connectivity index (χ0v) is 22.5. The highest BCUT2D eigenvalue weighted by Gasteiger charge is 2.21. The van der Waals surface area contributed by atoms with E-state index in [0.29, 0.717) is 45.4 Å². The number of fused-ring (bicyclic) bond motifs is 2. The normalized spacial score (nSPS) is 12.3. The van der Waals surface area contributed by atoms with Crippen molar-refractivity contribution in [3.8, 4) is 17.3 Å². The molecule has 0 amide bonds. The van der Waals surface area contributed by atoms with Gasteiger partial charge in [-0.2, -0.15) is 5.10 Å². The molecule has 0 saturated carbocycles. The number of allylic oxidation sites excluding steroid dienone is 4. The van der Waals surface area contributed by atoms with Gasteiger partial charge in [-0.3, -0.25) is 9.67 Å². The lowest BCUT2D eigenvalue weighted by atomic mass is 10.0. The van der Waals surface area contributed by atoms with E-state index >= 15 is 4.39 Å². The van der Waals surface area contributed by atoms with Crippen LogP contribution in [0.4, 0.5) is 4.39 Å². The first-order valence-electron chi connectivity index (χ1n) is 12.9. The van der Waals surface area contributed by atoms with Gasteiger partial charge in [0.15, 0.2) is 17.3 Å². The molecule has 41 heavy (non-hydrogen) atoms. The fourth-order valence-corrected chi connectivity index (χ4v) is 4.61. The number of nitrogens with zero attached hydrogens (tertiary/aromatic N) is 6. The Morgan fingerprint density at radius 3 is 2.68 bits per heavy atom. The summed E-state index contributed by atoms with van der Waals surface area (Å²) in [5, 5.41) is 10.6. The van der Waals surface area contributed by atoms with Crippen LogP contribution < -0.4 is 5.32 Å². The molecule has 0 aliphatic rings. The summed E-state index contributed by atoms with van der Waals surface area (Å²) in [5.74, 6) is 0.547. The monoisotopic (exact) mass is 543 g/mol. The third kappa shape index (κ3) is 4.71. The van der Waals surface area contributed by atoms with Gasteiger partial charge < -0.3 is 10.3 Å². The minimum Gasteiger partial charge on any atom is -0.356 e. The molecule has 6 rings (SSSR count). The first-order chi connectivity index (χ1) is 20.0. The van der Waals surface area contributed by atoms with E-state index in [9.17, 15) is 0 Å². The average Bonchev–Trinajstić information content (AvgIpc) is 3.74. The van der Waals surface area contributed by atoms with Crippen LogP contribution in [0.25, 0.3) is 50.7 Å². The summed E-state index contributed by atoms with van der Waals surface area (Å²) in [6, 6.07) is 11.5. The van der Waals surface area contributed by atoms with E-state index in [1.807, 2.05) is 62.5 Å². The molecule has 5 aromatic heterocycles. The van der Waals surface area contributed by atoms with E-state index in [4.69, 9.17) is 4.98 Å². The maximum atomic E-state index is 16.3. The zero-order valence-electron chi connectivity index (χ0n) is 22.5. The highest BCUT2D eigenvalue weighted by atomic mass is 19.1. The number of benzene rings is 1. The zero-order chi connectivity index (χ0) is 28.5. The van der Waals surface area contributed by atoms with Crippen molar-refractivity contribution in [1.29, 1.82) is 0 Å². The standard InChI is InChI=1S/C31H26FN9/c1-5-20(14-22(6-2)36-19(4)21-10-8-7-9-11-21)23-15-34-29-25(26(23)32)28(39-40-29)30-37-24-12-13-33-31(27(24)38-30)41-16-18(3)35-17-41/h5-17,36H,2,4H2,1,3H3,(H,37,38)(H,34,39,40)/b20-5+,22-14+. The van der Waals surface area contributed by atoms with Gasteiger partial charge in [0, 0.05) is 35.5 Å². The van der Waals surface area contributed by atoms with Gasteiger partial charge in [-0.1, -0.05) is 49.6 Å². The van der Waals surface area contributed by atoms with Crippen molar-refractivity contribution in [3.63, 3.8) is 0 Å². The number of aryl methyl sites for hydroxylation is 1. The second-order valence-corrected chi connectivity index (χ2v) is 9.34. The largest absolute Gasteiger partial charge is 0.356 e. The smallest absolute Gasteiger partial charge is 0.184 e. The maximum absolute atomic E-state index is 16.3. The van der Waals surface area contributed by atoms with Gasteiger partial charge in [0.25, 0.3) is 0 Å². The van der Waals surface area contributed by atoms with Crippen molar-refractivity contribution >= 4 is 33.3 Å². The molecule has 5 heterocycles. The van der Waals surface area contributed by atoms with E-state index < -0.39 is 5.82 Å². The van der Waals surface area contributed by atoms with Gasteiger partial charge in [0.2, 0.25) is 0 Å². The van der Waals surface area contributed by atoms with Gasteiger partial charge in [-0.15, -0.1) is 0 Å². The van der Waals surface area contributed by atoms with Gasteiger partial charge in [-0.25, -0.2) is 24.3 Å². The number of hydrogen-bond acceptors (Lipinski definition) is 6. The topological polar surface area (TPSA) is 113 Å². The number of pyridine rings is 2. The number of H-pyrrole nitrogens is 2. The number of aromatic amines is 2. The molecule has 0 bridgehead atoms. The third-order valence-electron chi connectivity index (χ3n) is 6.66. The number of hydrogen-bond donors (Lipinski definition) is 3. The fourth-order valence-electron chi connectivity index (χ4n) is 4.61. The summed E-state index contributed by atoms with van der Waals surface area (Å²) in [5.41, 5.74) is 6.04. The van der Waals surface area contributed by atoms with Crippen molar-refractivity contribution in [2.24, 2.45) is 0 Å². The molecule has 1 aromatic carbocycles. The number of imidazole rings is 2. The Labute approximate surface area is 234 Å². The lowest BCUT2D eigenvalue weighted by Gasteiger charge is -2.12. The SMILES string of the molecule is C=C/C(=C\C(=C/C)c1cnc2n[nH]c(-c3nc4c(-n5cnc(C)c5)nccc4[nH]3)c2c1F)NC(=C)c1ccccc1. The lowest BCUT2D eigenvalue weighted by Crippen LogP contribution is -2.09. The molecular weight excluding hydrogens is 517 g/mol. The summed E-state index contributed by atoms with van der Waals surface area (Å²) in [7, 11) is 0. The molecule has 0 aliphatic carbocycles. The molecule has 0 saturated heterocycles. The van der Waals surface area contributed by atoms with Crippen LogP contribution >= 0.6 is 0 Å². The van der Waals surface area contributed by atoms with Crippen LogP contribution in [0.3, 0.4) is 0 Å². The predicted octanol–water partition coefficient (Wildman–Crippen LogP) is 6.26. The summed E-state index contributed by atoms with van der Waals surface area (Å²) in [6.07, 6.45) is 12.0. The second kappa shape index (κ2) is 10.5. The molecule has 0 spiro atoms. The van der Waals surface area contributed by atoms with Gasteiger partial charge in [0.1, 0.15) is 23.4 Å². The van der Waals surface area contributed by atoms with Crippen LogP contribution in [-0.4, -0.2) is 39.7 Å². The molecule has 0 radical (unpaired) electrons. The van der Waals surface area contributed by atoms with E-state index in [0.717, 1.165) is 16.8 Å². The molecule has 0 unspecified atom stereocenters. The Kier molecular flexibility index (Phi) is 6.56. The number of aromatic nitrogens is 8. The van der Waals surface area contributed by atoms with E-state index in [2.05, 4.69) is 48.6 Å². The molecule has 6 aromatic rings. The highest BCUT2D eigenvalue weighted by molar-refractivity contribution is 5.95. The Morgan fingerprint density at radius 2 is 1.95 bits per heavy atom. The van der Waals surface area contributed by atoms with Crippen LogP contribution in [0.1, 0.15) is 23.7 Å². The quantitative estimate of drug-likeness (QED) is 0.195. The molecular formula is C31H26FN9.